The second-order valence-electron chi connectivity index (χ2n) is 7.73. The summed E-state index contributed by atoms with van der Waals surface area (Å²) in [4.78, 5) is 12.2. The highest BCUT2D eigenvalue weighted by molar-refractivity contribution is 5.74. The first-order chi connectivity index (χ1) is 11.6. The van der Waals surface area contributed by atoms with Crippen LogP contribution in [0.3, 0.4) is 0 Å². The van der Waals surface area contributed by atoms with Crippen LogP contribution < -0.4 is 15.4 Å². The lowest BCUT2D eigenvalue weighted by atomic mass is 9.57. The normalized spacial score (nSPS) is 29.2. The molecule has 2 heterocycles. The molecule has 3 atom stereocenters. The minimum atomic E-state index is -0.0667. The SMILES string of the molecule is CC1(C)[C@H](NC(=O)NCCc2ccc3c(c2)CCO3)[C@H]2CCO[C@@H]21. The van der Waals surface area contributed by atoms with E-state index in [0.717, 1.165) is 38.2 Å². The number of hydrogen-bond donors (Lipinski definition) is 2. The number of carbonyl (C=O) groups is 1. The second kappa shape index (κ2) is 5.96. The average molecular weight is 330 g/mol. The maximum Gasteiger partial charge on any atom is 0.315 e. The summed E-state index contributed by atoms with van der Waals surface area (Å²) in [5, 5.41) is 6.15. The van der Waals surface area contributed by atoms with Gasteiger partial charge in [0, 0.05) is 36.9 Å². The van der Waals surface area contributed by atoms with Crippen molar-refractivity contribution in [3.8, 4) is 5.75 Å². The monoisotopic (exact) mass is 330 g/mol. The van der Waals surface area contributed by atoms with E-state index < -0.39 is 0 Å². The van der Waals surface area contributed by atoms with E-state index in [2.05, 4.69) is 36.6 Å². The van der Waals surface area contributed by atoms with Gasteiger partial charge >= 0.3 is 6.03 Å². The molecule has 0 radical (unpaired) electrons. The molecule has 1 saturated heterocycles. The van der Waals surface area contributed by atoms with Crippen LogP contribution in [-0.2, 0) is 17.6 Å². The quantitative estimate of drug-likeness (QED) is 0.890. The van der Waals surface area contributed by atoms with Crippen LogP contribution in [0.1, 0.15) is 31.4 Å². The molecule has 24 heavy (non-hydrogen) atoms. The summed E-state index contributed by atoms with van der Waals surface area (Å²) in [5.41, 5.74) is 2.55. The minimum absolute atomic E-state index is 0.0263. The number of nitrogens with one attached hydrogen (secondary N) is 2. The number of carbonyl (C=O) groups excluding carboxylic acids is 1. The Morgan fingerprint density at radius 2 is 2.21 bits per heavy atom. The molecule has 0 unspecified atom stereocenters. The molecule has 1 aromatic rings. The predicted octanol–water partition coefficient (Wildman–Crippen LogP) is 2.28. The van der Waals surface area contributed by atoms with Crippen molar-refractivity contribution in [2.75, 3.05) is 19.8 Å². The summed E-state index contributed by atoms with van der Waals surface area (Å²) in [6, 6.07) is 6.45. The Morgan fingerprint density at radius 1 is 1.33 bits per heavy atom. The highest BCUT2D eigenvalue weighted by atomic mass is 16.5. The molecule has 3 aliphatic rings. The predicted molar refractivity (Wildman–Crippen MR) is 91.3 cm³/mol. The summed E-state index contributed by atoms with van der Waals surface area (Å²) >= 11 is 0. The van der Waals surface area contributed by atoms with Crippen LogP contribution in [0.4, 0.5) is 4.79 Å². The Labute approximate surface area is 143 Å². The van der Waals surface area contributed by atoms with Crippen molar-refractivity contribution in [3.63, 3.8) is 0 Å². The molecule has 1 aromatic carbocycles. The van der Waals surface area contributed by atoms with Crippen LogP contribution in [0.15, 0.2) is 18.2 Å². The molecule has 2 fully saturated rings. The first kappa shape index (κ1) is 15.8. The molecular weight excluding hydrogens is 304 g/mol. The van der Waals surface area contributed by atoms with Gasteiger partial charge in [-0.2, -0.15) is 0 Å². The van der Waals surface area contributed by atoms with Crippen LogP contribution in [0.2, 0.25) is 0 Å². The fourth-order valence-electron chi connectivity index (χ4n) is 4.53. The van der Waals surface area contributed by atoms with E-state index in [-0.39, 0.29) is 17.5 Å². The number of benzene rings is 1. The fourth-order valence-corrected chi connectivity index (χ4v) is 4.53. The number of amides is 2. The summed E-state index contributed by atoms with van der Waals surface area (Å²) in [5.74, 6) is 1.48. The Hall–Kier alpha value is -1.75. The molecule has 4 rings (SSSR count). The van der Waals surface area contributed by atoms with Gasteiger partial charge in [0.1, 0.15) is 5.75 Å². The topological polar surface area (TPSA) is 59.6 Å². The van der Waals surface area contributed by atoms with Crippen LogP contribution in [-0.4, -0.2) is 37.9 Å². The minimum Gasteiger partial charge on any atom is -0.493 e. The number of hydrogen-bond acceptors (Lipinski definition) is 3. The molecular formula is C19H26N2O3. The van der Waals surface area contributed by atoms with Gasteiger partial charge in [0.25, 0.3) is 0 Å². The van der Waals surface area contributed by atoms with Gasteiger partial charge in [0.05, 0.1) is 12.7 Å². The Morgan fingerprint density at radius 3 is 3.08 bits per heavy atom. The van der Waals surface area contributed by atoms with E-state index in [1.54, 1.807) is 0 Å². The Kier molecular flexibility index (Phi) is 3.91. The van der Waals surface area contributed by atoms with Crippen molar-refractivity contribution in [1.82, 2.24) is 10.6 Å². The van der Waals surface area contributed by atoms with Gasteiger partial charge in [-0.25, -0.2) is 4.79 Å². The maximum absolute atomic E-state index is 12.2. The molecule has 2 amide bonds. The van der Waals surface area contributed by atoms with Gasteiger partial charge in [0.15, 0.2) is 0 Å². The average Bonchev–Trinajstić information content (AvgIpc) is 3.20. The number of ether oxygens (including phenoxy) is 2. The van der Waals surface area contributed by atoms with Crippen LogP contribution in [0, 0.1) is 11.3 Å². The summed E-state index contributed by atoms with van der Waals surface area (Å²) in [6.07, 6.45) is 3.18. The summed E-state index contributed by atoms with van der Waals surface area (Å²) in [7, 11) is 0. The highest BCUT2D eigenvalue weighted by Crippen LogP contribution is 2.52. The van der Waals surface area contributed by atoms with Crippen LogP contribution in [0.25, 0.3) is 0 Å². The van der Waals surface area contributed by atoms with Gasteiger partial charge in [-0.05, 0) is 30.0 Å². The molecule has 2 N–H and O–H groups in total. The number of rotatable bonds is 4. The molecule has 1 aliphatic carbocycles. The third kappa shape index (κ3) is 2.65. The standard InChI is InChI=1S/C19H26N2O3/c1-19(2)16(14-7-10-24-17(14)19)21-18(22)20-8-5-12-3-4-15-13(11-12)6-9-23-15/h3-4,11,14,16-17H,5-10H2,1-2H3,(H2,20,21,22)/t14-,16-,17+/m1/s1. The zero-order chi connectivity index (χ0) is 16.7. The lowest BCUT2D eigenvalue weighted by Gasteiger charge is -2.54. The van der Waals surface area contributed by atoms with Crippen molar-refractivity contribution in [1.29, 1.82) is 0 Å². The van der Waals surface area contributed by atoms with E-state index in [1.807, 2.05) is 6.07 Å². The Balaban J connectivity index is 1.25. The second-order valence-corrected chi connectivity index (χ2v) is 7.73. The highest BCUT2D eigenvalue weighted by Gasteiger charge is 2.59. The zero-order valence-corrected chi connectivity index (χ0v) is 14.4. The van der Waals surface area contributed by atoms with Crippen molar-refractivity contribution in [2.45, 2.75) is 45.3 Å². The van der Waals surface area contributed by atoms with Crippen molar-refractivity contribution in [3.05, 3.63) is 29.3 Å². The molecule has 1 saturated carbocycles. The molecule has 5 nitrogen and oxygen atoms in total. The summed E-state index contributed by atoms with van der Waals surface area (Å²) in [6.45, 7) is 6.60. The van der Waals surface area contributed by atoms with Gasteiger partial charge < -0.3 is 20.1 Å². The van der Waals surface area contributed by atoms with Crippen molar-refractivity contribution < 1.29 is 14.3 Å². The van der Waals surface area contributed by atoms with Crippen molar-refractivity contribution >= 4 is 6.03 Å². The van der Waals surface area contributed by atoms with E-state index >= 15 is 0 Å². The fraction of sp³-hybridized carbons (Fsp3) is 0.632. The molecule has 0 aromatic heterocycles. The maximum atomic E-state index is 12.2. The number of urea groups is 1. The molecule has 2 aliphatic heterocycles. The van der Waals surface area contributed by atoms with E-state index in [1.165, 1.54) is 11.1 Å². The summed E-state index contributed by atoms with van der Waals surface area (Å²) < 4.78 is 11.3. The number of fused-ring (bicyclic) bond motifs is 2. The molecule has 130 valence electrons. The third-order valence-electron chi connectivity index (χ3n) is 5.84. The van der Waals surface area contributed by atoms with Gasteiger partial charge in [-0.1, -0.05) is 26.0 Å². The third-order valence-corrected chi connectivity index (χ3v) is 5.84. The first-order valence-corrected chi connectivity index (χ1v) is 8.96. The molecule has 5 heteroatoms. The van der Waals surface area contributed by atoms with Gasteiger partial charge in [-0.3, -0.25) is 0 Å². The van der Waals surface area contributed by atoms with Crippen molar-refractivity contribution in [2.24, 2.45) is 11.3 Å². The van der Waals surface area contributed by atoms with E-state index in [4.69, 9.17) is 9.47 Å². The smallest absolute Gasteiger partial charge is 0.315 e. The van der Waals surface area contributed by atoms with E-state index in [9.17, 15) is 4.79 Å². The lowest BCUT2D eigenvalue weighted by Crippen LogP contribution is -2.67. The largest absolute Gasteiger partial charge is 0.493 e. The molecule has 0 bridgehead atoms. The van der Waals surface area contributed by atoms with Crippen LogP contribution >= 0.6 is 0 Å². The zero-order valence-electron chi connectivity index (χ0n) is 14.4. The lowest BCUT2D eigenvalue weighted by molar-refractivity contribution is -0.108. The van der Waals surface area contributed by atoms with Gasteiger partial charge in [-0.15, -0.1) is 0 Å². The van der Waals surface area contributed by atoms with Crippen LogP contribution in [0.5, 0.6) is 5.75 Å². The Bertz CT molecular complexity index is 643. The first-order valence-electron chi connectivity index (χ1n) is 8.96. The van der Waals surface area contributed by atoms with E-state index in [0.29, 0.717) is 18.6 Å². The molecule has 0 spiro atoms. The van der Waals surface area contributed by atoms with Gasteiger partial charge in [0.2, 0.25) is 0 Å².